The number of para-hydroxylation sites is 1. The maximum Gasteiger partial charge on any atom is 0.146 e. The number of hydrogen-bond acceptors (Lipinski definition) is 4. The third-order valence-electron chi connectivity index (χ3n) is 3.09. The molecule has 1 aromatic carbocycles. The van der Waals surface area contributed by atoms with E-state index in [0.29, 0.717) is 11.5 Å². The van der Waals surface area contributed by atoms with Crippen molar-refractivity contribution in [2.24, 2.45) is 0 Å². The van der Waals surface area contributed by atoms with E-state index >= 15 is 0 Å². The predicted octanol–water partition coefficient (Wildman–Crippen LogP) is 4.22. The minimum absolute atomic E-state index is 0.200. The summed E-state index contributed by atoms with van der Waals surface area (Å²) in [5.74, 6) is 1.98. The largest absolute Gasteiger partial charge is 0.370 e. The number of aryl methyl sites for hydroxylation is 1. The first kappa shape index (κ1) is 15.2. The number of aromatic nitrogens is 2. The summed E-state index contributed by atoms with van der Waals surface area (Å²) in [5, 5.41) is 6.24. The van der Waals surface area contributed by atoms with Crippen LogP contribution in [0.15, 0.2) is 24.3 Å². The van der Waals surface area contributed by atoms with Crippen molar-refractivity contribution in [1.29, 1.82) is 0 Å². The fourth-order valence-electron chi connectivity index (χ4n) is 1.98. The maximum atomic E-state index is 13.9. The van der Waals surface area contributed by atoms with Crippen molar-refractivity contribution in [3.8, 4) is 0 Å². The summed E-state index contributed by atoms with van der Waals surface area (Å²) in [6.45, 7) is 8.70. The number of nitrogens with one attached hydrogen (secondary N) is 2. The zero-order chi connectivity index (χ0) is 15.4. The molecule has 0 spiro atoms. The molecule has 0 saturated carbocycles. The third kappa shape index (κ3) is 3.68. The van der Waals surface area contributed by atoms with Gasteiger partial charge in [-0.3, -0.25) is 0 Å². The molecule has 0 fully saturated rings. The van der Waals surface area contributed by atoms with Crippen molar-refractivity contribution in [2.75, 3.05) is 17.2 Å². The van der Waals surface area contributed by atoms with Gasteiger partial charge in [-0.15, -0.1) is 0 Å². The number of hydrogen-bond donors (Lipinski definition) is 2. The fraction of sp³-hybridized carbons (Fsp3) is 0.375. The Hall–Kier alpha value is -2.17. The van der Waals surface area contributed by atoms with Crippen molar-refractivity contribution in [2.45, 2.75) is 33.6 Å². The Kier molecular flexibility index (Phi) is 4.73. The lowest BCUT2D eigenvalue weighted by atomic mass is 10.2. The predicted molar refractivity (Wildman–Crippen MR) is 84.7 cm³/mol. The molecule has 0 aliphatic carbocycles. The van der Waals surface area contributed by atoms with Gasteiger partial charge in [0.25, 0.3) is 0 Å². The summed E-state index contributed by atoms with van der Waals surface area (Å²) in [6, 6.07) is 6.78. The highest BCUT2D eigenvalue weighted by atomic mass is 19.1. The molecule has 0 atom stereocenters. The van der Waals surface area contributed by atoms with E-state index in [4.69, 9.17) is 0 Å². The summed E-state index contributed by atoms with van der Waals surface area (Å²) in [5.41, 5.74) is 1.29. The molecule has 112 valence electrons. The van der Waals surface area contributed by atoms with Gasteiger partial charge in [-0.25, -0.2) is 14.4 Å². The second-order valence-corrected chi connectivity index (χ2v) is 5.24. The molecule has 0 saturated heterocycles. The highest BCUT2D eigenvalue weighted by Gasteiger charge is 2.11. The van der Waals surface area contributed by atoms with Crippen LogP contribution < -0.4 is 10.6 Å². The van der Waals surface area contributed by atoms with Gasteiger partial charge in [0.15, 0.2) is 0 Å². The summed E-state index contributed by atoms with van der Waals surface area (Å²) in [6.07, 6.45) is 0. The van der Waals surface area contributed by atoms with E-state index in [9.17, 15) is 4.39 Å². The van der Waals surface area contributed by atoms with Crippen LogP contribution >= 0.6 is 0 Å². The van der Waals surface area contributed by atoms with Gasteiger partial charge >= 0.3 is 0 Å². The van der Waals surface area contributed by atoms with Crippen molar-refractivity contribution >= 4 is 17.3 Å². The van der Waals surface area contributed by atoms with E-state index in [1.165, 1.54) is 6.07 Å². The van der Waals surface area contributed by atoms with Gasteiger partial charge in [0, 0.05) is 18.5 Å². The van der Waals surface area contributed by atoms with Crippen molar-refractivity contribution < 1.29 is 4.39 Å². The van der Waals surface area contributed by atoms with E-state index in [-0.39, 0.29) is 11.7 Å². The normalized spacial score (nSPS) is 10.8. The lowest BCUT2D eigenvalue weighted by molar-refractivity contribution is 0.630. The van der Waals surface area contributed by atoms with E-state index < -0.39 is 0 Å². The number of halogens is 1. The first-order valence-electron chi connectivity index (χ1n) is 7.16. The molecule has 0 aliphatic rings. The Morgan fingerprint density at radius 2 is 1.90 bits per heavy atom. The van der Waals surface area contributed by atoms with Crippen LogP contribution in [0.1, 0.15) is 38.1 Å². The third-order valence-corrected chi connectivity index (χ3v) is 3.09. The summed E-state index contributed by atoms with van der Waals surface area (Å²) in [4.78, 5) is 8.92. The molecular formula is C16H21FN4. The molecule has 2 N–H and O–H groups in total. The van der Waals surface area contributed by atoms with Crippen LogP contribution in [0, 0.1) is 12.7 Å². The van der Waals surface area contributed by atoms with Crippen LogP contribution in [0.4, 0.5) is 21.7 Å². The molecule has 0 unspecified atom stereocenters. The zero-order valence-corrected chi connectivity index (χ0v) is 12.9. The maximum absolute atomic E-state index is 13.9. The average Bonchev–Trinajstić information content (AvgIpc) is 2.43. The molecule has 0 bridgehead atoms. The van der Waals surface area contributed by atoms with Gasteiger partial charge in [0.2, 0.25) is 0 Å². The van der Waals surface area contributed by atoms with Crippen LogP contribution in [0.25, 0.3) is 0 Å². The minimum Gasteiger partial charge on any atom is -0.370 e. The van der Waals surface area contributed by atoms with Gasteiger partial charge in [0.05, 0.1) is 5.69 Å². The van der Waals surface area contributed by atoms with Crippen LogP contribution in [0.2, 0.25) is 0 Å². The Morgan fingerprint density at radius 1 is 1.19 bits per heavy atom. The number of rotatable bonds is 5. The van der Waals surface area contributed by atoms with Gasteiger partial charge in [-0.05, 0) is 25.5 Å². The molecule has 2 aromatic rings. The molecule has 0 amide bonds. The van der Waals surface area contributed by atoms with Crippen LogP contribution in [0.5, 0.6) is 0 Å². The first-order chi connectivity index (χ1) is 10.0. The monoisotopic (exact) mass is 288 g/mol. The number of benzene rings is 1. The molecule has 1 heterocycles. The zero-order valence-electron chi connectivity index (χ0n) is 12.9. The van der Waals surface area contributed by atoms with Gasteiger partial charge in [0.1, 0.15) is 23.3 Å². The second kappa shape index (κ2) is 6.52. The average molecular weight is 288 g/mol. The van der Waals surface area contributed by atoms with Crippen molar-refractivity contribution in [1.82, 2.24) is 9.97 Å². The molecule has 2 rings (SSSR count). The molecule has 4 nitrogen and oxygen atoms in total. The quantitative estimate of drug-likeness (QED) is 0.864. The second-order valence-electron chi connectivity index (χ2n) is 5.24. The van der Waals surface area contributed by atoms with E-state index in [1.807, 2.05) is 33.8 Å². The Balaban J connectivity index is 2.39. The van der Waals surface area contributed by atoms with Crippen LogP contribution in [-0.4, -0.2) is 16.5 Å². The van der Waals surface area contributed by atoms with Crippen molar-refractivity contribution in [3.05, 3.63) is 41.5 Å². The Labute approximate surface area is 124 Å². The summed E-state index contributed by atoms with van der Waals surface area (Å²) in [7, 11) is 0. The van der Waals surface area contributed by atoms with Gasteiger partial charge < -0.3 is 10.6 Å². The molecule has 21 heavy (non-hydrogen) atoms. The van der Waals surface area contributed by atoms with Crippen LogP contribution in [0.3, 0.4) is 0 Å². The van der Waals surface area contributed by atoms with E-state index in [2.05, 4.69) is 20.6 Å². The first-order valence-corrected chi connectivity index (χ1v) is 7.16. The lowest BCUT2D eigenvalue weighted by Crippen LogP contribution is -2.08. The summed E-state index contributed by atoms with van der Waals surface area (Å²) < 4.78 is 13.9. The topological polar surface area (TPSA) is 49.8 Å². The van der Waals surface area contributed by atoms with Crippen LogP contribution in [-0.2, 0) is 0 Å². The lowest BCUT2D eigenvalue weighted by Gasteiger charge is -2.14. The number of anilines is 3. The number of nitrogens with zero attached hydrogens (tertiary/aromatic N) is 2. The van der Waals surface area contributed by atoms with Gasteiger partial charge in [-0.1, -0.05) is 26.0 Å². The molecule has 1 aromatic heterocycles. The van der Waals surface area contributed by atoms with Gasteiger partial charge in [-0.2, -0.15) is 0 Å². The SMILES string of the molecule is CCNc1cc(Nc2c(C)cccc2F)nc(C(C)C)n1. The smallest absolute Gasteiger partial charge is 0.146 e. The van der Waals surface area contributed by atoms with E-state index in [1.54, 1.807) is 12.1 Å². The molecule has 0 radical (unpaired) electrons. The Bertz CT molecular complexity index is 605. The minimum atomic E-state index is -0.287. The summed E-state index contributed by atoms with van der Waals surface area (Å²) >= 11 is 0. The molecule has 5 heteroatoms. The fourth-order valence-corrected chi connectivity index (χ4v) is 1.98. The Morgan fingerprint density at radius 3 is 2.52 bits per heavy atom. The van der Waals surface area contributed by atoms with Crippen molar-refractivity contribution in [3.63, 3.8) is 0 Å². The van der Waals surface area contributed by atoms with E-state index in [0.717, 1.165) is 23.8 Å². The molecular weight excluding hydrogens is 267 g/mol. The highest BCUT2D eigenvalue weighted by molar-refractivity contribution is 5.63. The molecule has 0 aliphatic heterocycles. The standard InChI is InChI=1S/C16H21FN4/c1-5-18-13-9-14(21-16(20-13)10(2)3)19-15-11(4)7-6-8-12(15)17/h6-10H,5H2,1-4H3,(H2,18,19,20,21). The highest BCUT2D eigenvalue weighted by Crippen LogP contribution is 2.25.